The summed E-state index contributed by atoms with van der Waals surface area (Å²) >= 11 is 0. The van der Waals surface area contributed by atoms with Crippen molar-refractivity contribution in [2.24, 2.45) is 0 Å². The summed E-state index contributed by atoms with van der Waals surface area (Å²) in [4.78, 5) is 4.91. The van der Waals surface area contributed by atoms with Crippen molar-refractivity contribution >= 4 is 8.24 Å². The van der Waals surface area contributed by atoms with Gasteiger partial charge in [0.25, 0.3) is 0 Å². The second-order valence-electron chi connectivity index (χ2n) is 5.31. The summed E-state index contributed by atoms with van der Waals surface area (Å²) in [6.07, 6.45) is 0. The maximum absolute atomic E-state index is 5.09. The molecule has 1 fully saturated rings. The van der Waals surface area contributed by atoms with Crippen LogP contribution in [0.1, 0.15) is 27.7 Å². The Morgan fingerprint density at radius 1 is 0.900 bits per heavy atom. The average Bonchev–Trinajstić information content (AvgIpc) is 2.44. The molecule has 0 aromatic rings. The fourth-order valence-corrected chi connectivity index (χ4v) is 5.65. The second kappa shape index (κ2) is 10.7. The molecule has 0 aliphatic heterocycles. The third-order valence-corrected chi connectivity index (χ3v) is 6.84. The van der Waals surface area contributed by atoms with E-state index in [2.05, 4.69) is 40.8 Å². The molecule has 113 valence electrons. The van der Waals surface area contributed by atoms with Crippen LogP contribution in [0.25, 0.3) is 4.98 Å². The van der Waals surface area contributed by atoms with Gasteiger partial charge in [-0.25, -0.2) is 0 Å². The molecule has 0 N–H and O–H groups in total. The van der Waals surface area contributed by atoms with Crippen LogP contribution in [0.4, 0.5) is 0 Å². The van der Waals surface area contributed by atoms with Gasteiger partial charge in [0.2, 0.25) is 0 Å². The summed E-state index contributed by atoms with van der Waals surface area (Å²) in [6, 6.07) is 0. The Morgan fingerprint density at radius 3 is 1.65 bits per heavy atom. The molecular weight excluding hydrogens is 341 g/mol. The summed E-state index contributed by atoms with van der Waals surface area (Å²) in [5.74, 6) is 5.80. The van der Waals surface area contributed by atoms with Gasteiger partial charge in [-0.05, 0) is 29.2 Å². The van der Waals surface area contributed by atoms with Crippen LogP contribution in [-0.2, 0) is 30.9 Å². The molecule has 1 aliphatic carbocycles. The monoisotopic (exact) mass is 371 g/mol. The van der Waals surface area contributed by atoms with Crippen molar-refractivity contribution in [2.45, 2.75) is 40.8 Å². The molecule has 0 heterocycles. The Kier molecular flexibility index (Phi) is 13.9. The Morgan fingerprint density at radius 2 is 1.30 bits per heavy atom. The fourth-order valence-electron chi connectivity index (χ4n) is 2.63. The SMILES string of the molecule is COCC[N-][Si](C)(C)[C]1[C](C)[C](C)[C](C)[C]1C.[CH3-].[CH3-].[Zr+4]. The molecule has 0 saturated heterocycles. The first-order valence-electron chi connectivity index (χ1n) is 6.24. The Bertz CT molecular complexity index is 237. The molecule has 20 heavy (non-hydrogen) atoms. The number of methoxy groups -OCH3 is 1. The number of nitrogens with zero attached hydrogens (tertiary/aromatic N) is 1. The van der Waals surface area contributed by atoms with Gasteiger partial charge >= 0.3 is 26.2 Å². The van der Waals surface area contributed by atoms with Crippen LogP contribution in [-0.4, -0.2) is 28.5 Å². The number of ether oxygens (including phenoxy) is 1. The van der Waals surface area contributed by atoms with E-state index in [0.717, 1.165) is 13.2 Å². The van der Waals surface area contributed by atoms with Gasteiger partial charge in [-0.15, -0.1) is 6.54 Å². The fraction of sp³-hybridized carbons (Fsp3) is 0.562. The molecule has 1 rings (SSSR count). The van der Waals surface area contributed by atoms with Crippen LogP contribution < -0.4 is 0 Å². The zero-order valence-corrected chi connectivity index (χ0v) is 18.2. The quantitative estimate of drug-likeness (QED) is 0.392. The zero-order valence-electron chi connectivity index (χ0n) is 14.8. The maximum atomic E-state index is 5.09. The van der Waals surface area contributed by atoms with Crippen LogP contribution in [0.5, 0.6) is 0 Å². The molecule has 0 amide bonds. The summed E-state index contributed by atoms with van der Waals surface area (Å²) in [5, 5.41) is 0. The maximum Gasteiger partial charge on any atom is 4.00 e. The molecule has 0 atom stereocenters. The van der Waals surface area contributed by atoms with Gasteiger partial charge in [-0.3, -0.25) is 0 Å². The van der Waals surface area contributed by atoms with E-state index in [4.69, 9.17) is 9.72 Å². The Balaban J connectivity index is -0.000000963. The first-order valence-corrected chi connectivity index (χ1v) is 9.18. The van der Waals surface area contributed by atoms with Gasteiger partial charge in [-0.2, -0.15) is 0 Å². The summed E-state index contributed by atoms with van der Waals surface area (Å²) < 4.78 is 5.09. The number of hydrogen-bond donors (Lipinski definition) is 0. The van der Waals surface area contributed by atoms with Crippen LogP contribution in [0.3, 0.4) is 0 Å². The van der Waals surface area contributed by atoms with Crippen molar-refractivity contribution in [3.63, 3.8) is 0 Å². The van der Waals surface area contributed by atoms with E-state index in [1.165, 1.54) is 29.2 Å². The first kappa shape index (κ1) is 25.9. The van der Waals surface area contributed by atoms with Crippen LogP contribution in [0, 0.1) is 44.1 Å². The third kappa shape index (κ3) is 5.66. The van der Waals surface area contributed by atoms with E-state index in [0.29, 0.717) is 0 Å². The van der Waals surface area contributed by atoms with E-state index < -0.39 is 8.24 Å². The van der Waals surface area contributed by atoms with Crippen LogP contribution in [0.2, 0.25) is 13.1 Å². The molecule has 2 nitrogen and oxygen atoms in total. The largest absolute Gasteiger partial charge is 4.00 e. The zero-order chi connectivity index (χ0) is 13.2. The van der Waals surface area contributed by atoms with Gasteiger partial charge < -0.3 is 24.6 Å². The normalized spacial score (nSPS) is 19.4. The van der Waals surface area contributed by atoms with Crippen molar-refractivity contribution in [3.8, 4) is 0 Å². The van der Waals surface area contributed by atoms with E-state index in [1.807, 2.05) is 0 Å². The summed E-state index contributed by atoms with van der Waals surface area (Å²) in [7, 11) is 0.0622. The average molecular weight is 373 g/mol. The van der Waals surface area contributed by atoms with Crippen LogP contribution in [0.15, 0.2) is 0 Å². The standard InChI is InChI=1S/C14H25NOSi.2CH3.Zr/c1-10-11(2)13(4)14(12(10)3)17(6,7)15-8-9-16-5;;;/h8-9H2,1-7H3;2*1H3;/q3*-1;+4. The smallest absolute Gasteiger partial charge is 0.662 e. The topological polar surface area (TPSA) is 23.3 Å². The van der Waals surface area contributed by atoms with Crippen molar-refractivity contribution < 1.29 is 30.9 Å². The second-order valence-corrected chi connectivity index (χ2v) is 9.24. The van der Waals surface area contributed by atoms with Crippen LogP contribution >= 0.6 is 0 Å². The predicted octanol–water partition coefficient (Wildman–Crippen LogP) is 4.61. The van der Waals surface area contributed by atoms with Crippen molar-refractivity contribution in [2.75, 3.05) is 20.3 Å². The van der Waals surface area contributed by atoms with Crippen molar-refractivity contribution in [3.05, 3.63) is 49.0 Å². The van der Waals surface area contributed by atoms with Gasteiger partial charge in [-0.1, -0.05) is 49.0 Å². The Labute approximate surface area is 149 Å². The van der Waals surface area contributed by atoms with Gasteiger partial charge in [0.1, 0.15) is 0 Å². The first-order chi connectivity index (χ1) is 7.83. The molecular formula is C16H31NOSiZr+. The minimum absolute atomic E-state index is 0. The van der Waals surface area contributed by atoms with Gasteiger partial charge in [0.05, 0.1) is 0 Å². The molecule has 0 unspecified atom stereocenters. The van der Waals surface area contributed by atoms with Crippen molar-refractivity contribution in [1.82, 2.24) is 0 Å². The minimum atomic E-state index is -1.67. The minimum Gasteiger partial charge on any atom is -0.662 e. The van der Waals surface area contributed by atoms with Gasteiger partial charge in [0, 0.05) is 13.7 Å². The molecule has 1 saturated carbocycles. The predicted molar refractivity (Wildman–Crippen MR) is 89.3 cm³/mol. The van der Waals surface area contributed by atoms with Gasteiger partial charge in [0.15, 0.2) is 0 Å². The number of rotatable bonds is 5. The summed E-state index contributed by atoms with van der Waals surface area (Å²) in [5.41, 5.74) is 1.53. The number of hydrogen-bond acceptors (Lipinski definition) is 1. The molecule has 5 radical (unpaired) electrons. The molecule has 0 aromatic carbocycles. The molecule has 1 aliphatic rings. The third-order valence-electron chi connectivity index (χ3n) is 3.85. The summed E-state index contributed by atoms with van der Waals surface area (Å²) in [6.45, 7) is 15.1. The molecule has 0 aromatic heterocycles. The van der Waals surface area contributed by atoms with Crippen molar-refractivity contribution in [1.29, 1.82) is 0 Å². The molecule has 0 bridgehead atoms. The molecule has 0 spiro atoms. The van der Waals surface area contributed by atoms with E-state index in [9.17, 15) is 0 Å². The Hall–Kier alpha value is 1.02. The van der Waals surface area contributed by atoms with E-state index in [1.54, 1.807) is 7.11 Å². The van der Waals surface area contributed by atoms with E-state index in [-0.39, 0.29) is 41.1 Å². The van der Waals surface area contributed by atoms with E-state index >= 15 is 0 Å². The molecule has 4 heteroatoms.